The van der Waals surface area contributed by atoms with Gasteiger partial charge >= 0.3 is 0 Å². The molecule has 0 heterocycles. The molecule has 80 valence electrons. The second-order valence-corrected chi connectivity index (χ2v) is 4.39. The van der Waals surface area contributed by atoms with Gasteiger partial charge in [0.15, 0.2) is 0 Å². The predicted molar refractivity (Wildman–Crippen MR) is 51.5 cm³/mol. The van der Waals surface area contributed by atoms with Gasteiger partial charge in [-0.3, -0.25) is 0 Å². The van der Waals surface area contributed by atoms with Crippen molar-refractivity contribution in [3.05, 3.63) is 0 Å². The minimum Gasteiger partial charge on any atom is -0.392 e. The van der Waals surface area contributed by atoms with Crippen LogP contribution in [0.1, 0.15) is 26.7 Å². The van der Waals surface area contributed by atoms with Crippen LogP contribution < -0.4 is 9.44 Å². The summed E-state index contributed by atoms with van der Waals surface area (Å²) < 4.78 is 26.7. The third kappa shape index (κ3) is 6.94. The van der Waals surface area contributed by atoms with Gasteiger partial charge in [0.05, 0.1) is 6.10 Å². The molecule has 0 aromatic heterocycles. The first-order chi connectivity index (χ1) is 6.02. The lowest BCUT2D eigenvalue weighted by atomic mass is 10.3. The van der Waals surface area contributed by atoms with Gasteiger partial charge < -0.3 is 5.11 Å². The van der Waals surface area contributed by atoms with E-state index in [1.807, 2.05) is 6.92 Å². The van der Waals surface area contributed by atoms with Gasteiger partial charge in [0.2, 0.25) is 0 Å². The van der Waals surface area contributed by atoms with Gasteiger partial charge in [0.25, 0.3) is 10.2 Å². The van der Waals surface area contributed by atoms with Gasteiger partial charge in [-0.1, -0.05) is 13.8 Å². The van der Waals surface area contributed by atoms with Crippen molar-refractivity contribution in [3.63, 3.8) is 0 Å². The number of hydrogen-bond acceptors (Lipinski definition) is 3. The summed E-state index contributed by atoms with van der Waals surface area (Å²) in [6, 6.07) is 0. The Morgan fingerprint density at radius 1 is 1.31 bits per heavy atom. The Morgan fingerprint density at radius 3 is 2.38 bits per heavy atom. The predicted octanol–water partition coefficient (Wildman–Crippen LogP) is -0.409. The van der Waals surface area contributed by atoms with Crippen molar-refractivity contribution < 1.29 is 13.5 Å². The first-order valence-corrected chi connectivity index (χ1v) is 5.92. The lowest BCUT2D eigenvalue weighted by Gasteiger charge is -2.10. The molecule has 0 aliphatic carbocycles. The quantitative estimate of drug-likeness (QED) is 0.534. The van der Waals surface area contributed by atoms with Crippen LogP contribution in [-0.2, 0) is 10.2 Å². The zero-order chi connectivity index (χ0) is 10.3. The van der Waals surface area contributed by atoms with Gasteiger partial charge in [0.1, 0.15) is 0 Å². The standard InChI is InChI=1S/C7H18N2O3S/c1-3-5-8-13(11,12)9-6-7(10)4-2/h7-10H,3-6H2,1-2H3. The first kappa shape index (κ1) is 12.8. The minimum atomic E-state index is -3.41. The van der Waals surface area contributed by atoms with Gasteiger partial charge in [-0.25, -0.2) is 4.72 Å². The van der Waals surface area contributed by atoms with Gasteiger partial charge in [-0.05, 0) is 12.8 Å². The number of aliphatic hydroxyl groups excluding tert-OH is 1. The second kappa shape index (κ2) is 6.31. The Bertz CT molecular complexity index is 216. The average Bonchev–Trinajstić information content (AvgIpc) is 2.11. The van der Waals surface area contributed by atoms with Crippen LogP contribution in [-0.4, -0.2) is 32.7 Å². The summed E-state index contributed by atoms with van der Waals surface area (Å²) in [5, 5.41) is 9.09. The average molecular weight is 210 g/mol. The summed E-state index contributed by atoms with van der Waals surface area (Å²) >= 11 is 0. The van der Waals surface area contributed by atoms with Crippen LogP contribution >= 0.6 is 0 Å². The van der Waals surface area contributed by atoms with Crippen molar-refractivity contribution in [1.82, 2.24) is 9.44 Å². The second-order valence-electron chi connectivity index (χ2n) is 2.81. The molecule has 0 fully saturated rings. The minimum absolute atomic E-state index is 0.0650. The highest BCUT2D eigenvalue weighted by Crippen LogP contribution is 1.88. The van der Waals surface area contributed by atoms with Crippen LogP contribution in [0.25, 0.3) is 0 Å². The highest BCUT2D eigenvalue weighted by molar-refractivity contribution is 7.87. The maximum Gasteiger partial charge on any atom is 0.276 e. The molecule has 0 saturated heterocycles. The van der Waals surface area contributed by atoms with E-state index in [1.54, 1.807) is 6.92 Å². The molecule has 0 aromatic rings. The maximum atomic E-state index is 11.1. The van der Waals surface area contributed by atoms with Crippen molar-refractivity contribution in [2.24, 2.45) is 0 Å². The van der Waals surface area contributed by atoms with Crippen LogP contribution in [0.5, 0.6) is 0 Å². The van der Waals surface area contributed by atoms with E-state index in [-0.39, 0.29) is 6.54 Å². The van der Waals surface area contributed by atoms with E-state index in [2.05, 4.69) is 9.44 Å². The van der Waals surface area contributed by atoms with Crippen LogP contribution in [0.4, 0.5) is 0 Å². The van der Waals surface area contributed by atoms with Crippen LogP contribution in [0.3, 0.4) is 0 Å². The molecule has 0 aliphatic heterocycles. The lowest BCUT2D eigenvalue weighted by Crippen LogP contribution is -2.40. The van der Waals surface area contributed by atoms with Gasteiger partial charge in [-0.15, -0.1) is 0 Å². The molecule has 6 heteroatoms. The highest BCUT2D eigenvalue weighted by Gasteiger charge is 2.09. The summed E-state index contributed by atoms with van der Waals surface area (Å²) in [5.74, 6) is 0. The fourth-order valence-electron chi connectivity index (χ4n) is 0.638. The molecular weight excluding hydrogens is 192 g/mol. The fourth-order valence-corrected chi connectivity index (χ4v) is 1.62. The molecule has 0 aliphatic rings. The fraction of sp³-hybridized carbons (Fsp3) is 1.00. The van der Waals surface area contributed by atoms with E-state index < -0.39 is 16.3 Å². The Hall–Kier alpha value is -0.170. The van der Waals surface area contributed by atoms with Crippen molar-refractivity contribution in [3.8, 4) is 0 Å². The summed E-state index contributed by atoms with van der Waals surface area (Å²) in [6.07, 6.45) is 0.672. The molecule has 1 unspecified atom stereocenters. The molecule has 3 N–H and O–H groups in total. The van der Waals surface area contributed by atoms with Crippen LogP contribution in [0.15, 0.2) is 0 Å². The molecular formula is C7H18N2O3S. The number of rotatable bonds is 7. The molecule has 0 aromatic carbocycles. The summed E-state index contributed by atoms with van der Waals surface area (Å²) in [4.78, 5) is 0. The molecule has 0 amide bonds. The number of hydrogen-bond donors (Lipinski definition) is 3. The van der Waals surface area contributed by atoms with Crippen molar-refractivity contribution in [2.45, 2.75) is 32.8 Å². The lowest BCUT2D eigenvalue weighted by molar-refractivity contribution is 0.174. The normalized spacial score (nSPS) is 14.4. The third-order valence-electron chi connectivity index (χ3n) is 1.52. The van der Waals surface area contributed by atoms with E-state index in [0.29, 0.717) is 13.0 Å². The smallest absolute Gasteiger partial charge is 0.276 e. The molecule has 1 atom stereocenters. The zero-order valence-corrected chi connectivity index (χ0v) is 8.89. The molecule has 13 heavy (non-hydrogen) atoms. The Labute approximate surface area is 79.7 Å². The highest BCUT2D eigenvalue weighted by atomic mass is 32.2. The summed E-state index contributed by atoms with van der Waals surface area (Å²) in [6.45, 7) is 4.15. The Morgan fingerprint density at radius 2 is 1.92 bits per heavy atom. The van der Waals surface area contributed by atoms with E-state index in [4.69, 9.17) is 5.11 Å². The molecule has 5 nitrogen and oxygen atoms in total. The van der Waals surface area contributed by atoms with Crippen molar-refractivity contribution >= 4 is 10.2 Å². The Kier molecular flexibility index (Phi) is 6.23. The number of nitrogens with one attached hydrogen (secondary N) is 2. The van der Waals surface area contributed by atoms with E-state index >= 15 is 0 Å². The van der Waals surface area contributed by atoms with Crippen molar-refractivity contribution in [2.75, 3.05) is 13.1 Å². The topological polar surface area (TPSA) is 78.4 Å². The third-order valence-corrected chi connectivity index (χ3v) is 2.65. The SMILES string of the molecule is CCCNS(=O)(=O)NCC(O)CC. The van der Waals surface area contributed by atoms with Crippen LogP contribution in [0, 0.1) is 0 Å². The zero-order valence-electron chi connectivity index (χ0n) is 8.08. The Balaban J connectivity index is 3.76. The van der Waals surface area contributed by atoms with Crippen LogP contribution in [0.2, 0.25) is 0 Å². The summed E-state index contributed by atoms with van der Waals surface area (Å²) in [5.41, 5.74) is 0. The largest absolute Gasteiger partial charge is 0.392 e. The van der Waals surface area contributed by atoms with E-state index in [1.165, 1.54) is 0 Å². The van der Waals surface area contributed by atoms with Crippen molar-refractivity contribution in [1.29, 1.82) is 0 Å². The van der Waals surface area contributed by atoms with E-state index in [0.717, 1.165) is 6.42 Å². The maximum absolute atomic E-state index is 11.1. The molecule has 0 spiro atoms. The molecule has 0 bridgehead atoms. The first-order valence-electron chi connectivity index (χ1n) is 4.44. The van der Waals surface area contributed by atoms with E-state index in [9.17, 15) is 8.42 Å². The van der Waals surface area contributed by atoms with Gasteiger partial charge in [0, 0.05) is 13.1 Å². The molecule has 0 saturated carbocycles. The monoisotopic (exact) mass is 210 g/mol. The molecule has 0 radical (unpaired) electrons. The number of aliphatic hydroxyl groups is 1. The summed E-state index contributed by atoms with van der Waals surface area (Å²) in [7, 11) is -3.41. The molecule has 0 rings (SSSR count). The van der Waals surface area contributed by atoms with Gasteiger partial charge in [-0.2, -0.15) is 13.1 Å².